The third-order valence-corrected chi connectivity index (χ3v) is 4.91. The van der Waals surface area contributed by atoms with Crippen LogP contribution in [0, 0.1) is 11.6 Å². The largest absolute Gasteiger partial charge is 0.378 e. The van der Waals surface area contributed by atoms with Crippen LogP contribution in [-0.4, -0.2) is 27.7 Å². The summed E-state index contributed by atoms with van der Waals surface area (Å²) in [6.07, 6.45) is 2.41. The fourth-order valence-corrected chi connectivity index (χ4v) is 3.42. The van der Waals surface area contributed by atoms with Gasteiger partial charge in [-0.3, -0.25) is 0 Å². The minimum Gasteiger partial charge on any atom is -0.378 e. The molecular weight excluding hydrogens is 302 g/mol. The standard InChI is InChI=1S/C13H18F2N2O3S/c14-11-3-4-12(13(15)10(11)8-16)21(18,19)17-6-5-9-2-1-7-20-9/h3-4,9,17H,1-2,5-8,16H2. The molecular formula is C13H18F2N2O3S. The maximum atomic E-state index is 14.0. The van der Waals surface area contributed by atoms with Crippen molar-refractivity contribution in [2.75, 3.05) is 13.2 Å². The van der Waals surface area contributed by atoms with Crippen molar-refractivity contribution in [3.8, 4) is 0 Å². The predicted octanol–water partition coefficient (Wildman–Crippen LogP) is 1.27. The summed E-state index contributed by atoms with van der Waals surface area (Å²) < 4.78 is 59.1. The minimum atomic E-state index is -4.03. The van der Waals surface area contributed by atoms with E-state index in [1.165, 1.54) is 0 Å². The number of rotatable bonds is 6. The first-order valence-electron chi connectivity index (χ1n) is 6.74. The van der Waals surface area contributed by atoms with Gasteiger partial charge in [0.05, 0.1) is 6.10 Å². The minimum absolute atomic E-state index is 0.0327. The second-order valence-corrected chi connectivity index (χ2v) is 6.60. The lowest BCUT2D eigenvalue weighted by Gasteiger charge is -2.12. The Hall–Kier alpha value is -1.09. The number of benzene rings is 1. The molecule has 1 aromatic carbocycles. The molecule has 0 saturated carbocycles. The molecule has 0 bridgehead atoms. The second kappa shape index (κ2) is 6.78. The number of nitrogens with two attached hydrogens (primary N) is 1. The van der Waals surface area contributed by atoms with E-state index in [0.29, 0.717) is 13.0 Å². The normalized spacial score (nSPS) is 19.1. The summed E-state index contributed by atoms with van der Waals surface area (Å²) in [6.45, 7) is 0.419. The SMILES string of the molecule is NCc1c(F)ccc(S(=O)(=O)NCCC2CCCO2)c1F. The summed E-state index contributed by atoms with van der Waals surface area (Å²) in [4.78, 5) is -0.586. The number of hydrogen-bond donors (Lipinski definition) is 2. The molecule has 1 heterocycles. The van der Waals surface area contributed by atoms with Crippen molar-refractivity contribution in [2.24, 2.45) is 5.73 Å². The lowest BCUT2D eigenvalue weighted by molar-refractivity contribution is 0.105. The number of halogens is 2. The van der Waals surface area contributed by atoms with Crippen LogP contribution in [0.5, 0.6) is 0 Å². The van der Waals surface area contributed by atoms with E-state index in [-0.39, 0.29) is 12.6 Å². The molecule has 1 aromatic rings. The molecule has 5 nitrogen and oxygen atoms in total. The Bertz CT molecular complexity index is 602. The first kappa shape index (κ1) is 16.3. The number of ether oxygens (including phenoxy) is 1. The molecule has 1 atom stereocenters. The van der Waals surface area contributed by atoms with Gasteiger partial charge in [-0.1, -0.05) is 0 Å². The van der Waals surface area contributed by atoms with Gasteiger partial charge in [0.1, 0.15) is 10.7 Å². The topological polar surface area (TPSA) is 81.4 Å². The highest BCUT2D eigenvalue weighted by Crippen LogP contribution is 2.21. The lowest BCUT2D eigenvalue weighted by atomic mass is 10.2. The Kier molecular flexibility index (Phi) is 5.26. The average molecular weight is 320 g/mol. The van der Waals surface area contributed by atoms with Crippen LogP contribution in [0.15, 0.2) is 17.0 Å². The van der Waals surface area contributed by atoms with E-state index < -0.39 is 38.7 Å². The summed E-state index contributed by atoms with van der Waals surface area (Å²) in [7, 11) is -4.03. The molecule has 0 amide bonds. The first-order valence-corrected chi connectivity index (χ1v) is 8.22. The molecule has 21 heavy (non-hydrogen) atoms. The lowest BCUT2D eigenvalue weighted by Crippen LogP contribution is -2.28. The smallest absolute Gasteiger partial charge is 0.243 e. The Morgan fingerprint density at radius 1 is 1.38 bits per heavy atom. The molecule has 1 saturated heterocycles. The molecule has 1 fully saturated rings. The van der Waals surface area contributed by atoms with Crippen LogP contribution >= 0.6 is 0 Å². The Morgan fingerprint density at radius 2 is 2.14 bits per heavy atom. The highest BCUT2D eigenvalue weighted by atomic mass is 32.2. The van der Waals surface area contributed by atoms with Crippen LogP contribution in [0.3, 0.4) is 0 Å². The molecule has 2 rings (SSSR count). The summed E-state index contributed by atoms with van der Waals surface area (Å²) >= 11 is 0. The summed E-state index contributed by atoms with van der Waals surface area (Å²) in [5.41, 5.74) is 4.80. The van der Waals surface area contributed by atoms with Crippen molar-refractivity contribution >= 4 is 10.0 Å². The zero-order chi connectivity index (χ0) is 15.5. The zero-order valence-corrected chi connectivity index (χ0v) is 12.3. The number of nitrogens with one attached hydrogen (secondary N) is 1. The van der Waals surface area contributed by atoms with E-state index in [4.69, 9.17) is 10.5 Å². The maximum Gasteiger partial charge on any atom is 0.243 e. The molecule has 0 aromatic heterocycles. The molecule has 0 spiro atoms. The van der Waals surface area contributed by atoms with Crippen molar-refractivity contribution < 1.29 is 21.9 Å². The maximum absolute atomic E-state index is 14.0. The summed E-state index contributed by atoms with van der Waals surface area (Å²) in [5.74, 6) is -1.99. The van der Waals surface area contributed by atoms with Crippen molar-refractivity contribution in [3.63, 3.8) is 0 Å². The van der Waals surface area contributed by atoms with Gasteiger partial charge >= 0.3 is 0 Å². The van der Waals surface area contributed by atoms with Crippen molar-refractivity contribution in [1.82, 2.24) is 4.72 Å². The van der Waals surface area contributed by atoms with Crippen molar-refractivity contribution in [3.05, 3.63) is 29.3 Å². The van der Waals surface area contributed by atoms with Crippen LogP contribution in [0.25, 0.3) is 0 Å². The van der Waals surface area contributed by atoms with Crippen LogP contribution in [-0.2, 0) is 21.3 Å². The van der Waals surface area contributed by atoms with E-state index in [0.717, 1.165) is 25.0 Å². The molecule has 1 unspecified atom stereocenters. The Labute approximate surface area is 122 Å². The van der Waals surface area contributed by atoms with Gasteiger partial charge in [0, 0.05) is 25.3 Å². The molecule has 3 N–H and O–H groups in total. The highest BCUT2D eigenvalue weighted by Gasteiger charge is 2.23. The van der Waals surface area contributed by atoms with Gasteiger partial charge in [-0.15, -0.1) is 0 Å². The summed E-state index contributed by atoms with van der Waals surface area (Å²) in [6, 6.07) is 1.80. The van der Waals surface area contributed by atoms with E-state index in [2.05, 4.69) is 4.72 Å². The Balaban J connectivity index is 2.08. The van der Waals surface area contributed by atoms with Gasteiger partial charge in [0.15, 0.2) is 5.82 Å². The highest BCUT2D eigenvalue weighted by molar-refractivity contribution is 7.89. The van der Waals surface area contributed by atoms with Crippen molar-refractivity contribution in [1.29, 1.82) is 0 Å². The van der Waals surface area contributed by atoms with Crippen LogP contribution in [0.4, 0.5) is 8.78 Å². The first-order chi connectivity index (χ1) is 9.95. The molecule has 118 valence electrons. The van der Waals surface area contributed by atoms with Crippen LogP contribution in [0.2, 0.25) is 0 Å². The van der Waals surface area contributed by atoms with Gasteiger partial charge in [0.2, 0.25) is 10.0 Å². The number of sulfonamides is 1. The predicted molar refractivity (Wildman–Crippen MR) is 73.0 cm³/mol. The van der Waals surface area contributed by atoms with Crippen LogP contribution < -0.4 is 10.5 Å². The average Bonchev–Trinajstić information content (AvgIpc) is 2.92. The van der Waals surface area contributed by atoms with Gasteiger partial charge in [-0.2, -0.15) is 0 Å². The van der Waals surface area contributed by atoms with E-state index in [1.54, 1.807) is 0 Å². The molecule has 8 heteroatoms. The van der Waals surface area contributed by atoms with E-state index >= 15 is 0 Å². The van der Waals surface area contributed by atoms with E-state index in [9.17, 15) is 17.2 Å². The van der Waals surface area contributed by atoms with Gasteiger partial charge in [-0.25, -0.2) is 21.9 Å². The molecule has 0 radical (unpaired) electrons. The van der Waals surface area contributed by atoms with Crippen molar-refractivity contribution in [2.45, 2.75) is 36.8 Å². The molecule has 0 aliphatic carbocycles. The fraction of sp³-hybridized carbons (Fsp3) is 0.538. The summed E-state index contributed by atoms with van der Waals surface area (Å²) in [5, 5.41) is 0. The third kappa shape index (κ3) is 3.76. The van der Waals surface area contributed by atoms with E-state index in [1.807, 2.05) is 0 Å². The second-order valence-electron chi connectivity index (χ2n) is 4.86. The van der Waals surface area contributed by atoms with Gasteiger partial charge < -0.3 is 10.5 Å². The fourth-order valence-electron chi connectivity index (χ4n) is 2.27. The molecule has 1 aliphatic heterocycles. The quantitative estimate of drug-likeness (QED) is 0.827. The van der Waals surface area contributed by atoms with Gasteiger partial charge in [0.25, 0.3) is 0 Å². The number of hydrogen-bond acceptors (Lipinski definition) is 4. The zero-order valence-electron chi connectivity index (χ0n) is 11.4. The molecule has 1 aliphatic rings. The Morgan fingerprint density at radius 3 is 2.76 bits per heavy atom. The monoisotopic (exact) mass is 320 g/mol. The third-order valence-electron chi connectivity index (χ3n) is 3.43. The van der Waals surface area contributed by atoms with Gasteiger partial charge in [-0.05, 0) is 31.4 Å². The van der Waals surface area contributed by atoms with Crippen LogP contribution in [0.1, 0.15) is 24.8 Å².